The van der Waals surface area contributed by atoms with Crippen molar-refractivity contribution in [2.75, 3.05) is 13.1 Å². The molecule has 1 aliphatic heterocycles. The molecule has 1 rings (SSSR count). The van der Waals surface area contributed by atoms with Crippen molar-refractivity contribution in [3.8, 4) is 0 Å². The van der Waals surface area contributed by atoms with E-state index >= 15 is 0 Å². The fourth-order valence-corrected chi connectivity index (χ4v) is 2.76. The van der Waals surface area contributed by atoms with Crippen LogP contribution in [0.2, 0.25) is 0 Å². The van der Waals surface area contributed by atoms with E-state index in [9.17, 15) is 0 Å². The Hall–Kier alpha value is -0.570. The zero-order valence-electron chi connectivity index (χ0n) is 13.2. The molecule has 0 saturated carbocycles. The Bertz CT molecular complexity index is 215. The van der Waals surface area contributed by atoms with Crippen LogP contribution >= 0.6 is 0 Å². The summed E-state index contributed by atoms with van der Waals surface area (Å²) in [6.45, 7) is 8.58. The topological polar surface area (TPSA) is 44.6 Å². The fourth-order valence-electron chi connectivity index (χ4n) is 2.76. The second-order valence-corrected chi connectivity index (χ2v) is 5.81. The zero-order chi connectivity index (χ0) is 14.5. The van der Waals surface area contributed by atoms with Crippen LogP contribution < -0.4 is 10.0 Å². The van der Waals surface area contributed by atoms with Crippen molar-refractivity contribution >= 4 is 5.97 Å². The zero-order valence-corrected chi connectivity index (χ0v) is 13.2. The summed E-state index contributed by atoms with van der Waals surface area (Å²) in [5.74, 6) is -1.08. The van der Waals surface area contributed by atoms with Gasteiger partial charge in [0.05, 0.1) is 19.1 Å². The predicted molar refractivity (Wildman–Crippen MR) is 78.1 cm³/mol. The Morgan fingerprint density at radius 1 is 1.16 bits per heavy atom. The lowest BCUT2D eigenvalue weighted by Crippen LogP contribution is -3.16. The van der Waals surface area contributed by atoms with Crippen molar-refractivity contribution in [2.45, 2.75) is 84.6 Å². The molecular weight excluding hydrogens is 238 g/mol. The quantitative estimate of drug-likeness (QED) is 0.714. The number of carboxylic acid groups (broad SMARTS) is 1. The molecule has 114 valence electrons. The van der Waals surface area contributed by atoms with Gasteiger partial charge in [0.25, 0.3) is 0 Å². The third kappa shape index (κ3) is 12.2. The van der Waals surface area contributed by atoms with Crippen LogP contribution in [0.3, 0.4) is 0 Å². The number of carbonyl (C=O) groups is 1. The van der Waals surface area contributed by atoms with Gasteiger partial charge in [0, 0.05) is 5.97 Å². The first kappa shape index (κ1) is 18.4. The highest BCUT2D eigenvalue weighted by Gasteiger charge is 2.20. The Morgan fingerprint density at radius 3 is 2.32 bits per heavy atom. The number of piperidine rings is 1. The van der Waals surface area contributed by atoms with Crippen LogP contribution in [0.25, 0.3) is 0 Å². The van der Waals surface area contributed by atoms with Gasteiger partial charge in [-0.3, -0.25) is 0 Å². The second-order valence-electron chi connectivity index (χ2n) is 5.81. The molecule has 0 aromatic carbocycles. The van der Waals surface area contributed by atoms with Crippen molar-refractivity contribution in [2.24, 2.45) is 0 Å². The van der Waals surface area contributed by atoms with Crippen molar-refractivity contribution in [3.63, 3.8) is 0 Å². The number of unbranched alkanes of at least 4 members (excludes halogenated alkanes) is 5. The lowest BCUT2D eigenvalue weighted by atomic mass is 10.0. The van der Waals surface area contributed by atoms with E-state index in [1.54, 1.807) is 0 Å². The molecule has 0 radical (unpaired) electrons. The highest BCUT2D eigenvalue weighted by Crippen LogP contribution is 2.05. The van der Waals surface area contributed by atoms with Gasteiger partial charge in [-0.1, -0.05) is 32.6 Å². The highest BCUT2D eigenvalue weighted by atomic mass is 16.4. The summed E-state index contributed by atoms with van der Waals surface area (Å²) in [5.41, 5.74) is 0. The molecule has 1 N–H and O–H groups in total. The molecule has 0 amide bonds. The summed E-state index contributed by atoms with van der Waals surface area (Å²) in [5, 5.41) is 8.89. The smallest absolute Gasteiger partial charge is 0.0846 e. The minimum Gasteiger partial charge on any atom is -0.550 e. The molecule has 2 atom stereocenters. The third-order valence-electron chi connectivity index (χ3n) is 3.93. The summed E-state index contributed by atoms with van der Waals surface area (Å²) >= 11 is 0. The molecule has 19 heavy (non-hydrogen) atoms. The average Bonchev–Trinajstić information content (AvgIpc) is 2.35. The minimum atomic E-state index is -1.08. The van der Waals surface area contributed by atoms with Crippen molar-refractivity contribution in [1.82, 2.24) is 0 Å². The van der Waals surface area contributed by atoms with Crippen LogP contribution in [0.1, 0.15) is 78.6 Å². The Balaban J connectivity index is 0.000000711. The first-order chi connectivity index (χ1) is 9.07. The van der Waals surface area contributed by atoms with Gasteiger partial charge in [0.2, 0.25) is 0 Å². The Kier molecular flexibility index (Phi) is 12.1. The molecule has 1 fully saturated rings. The molecule has 0 bridgehead atoms. The number of likely N-dealkylation sites (tertiary alicyclic amines) is 1. The van der Waals surface area contributed by atoms with Gasteiger partial charge in [-0.15, -0.1) is 0 Å². The molecule has 1 saturated heterocycles. The van der Waals surface area contributed by atoms with Gasteiger partial charge in [-0.2, -0.15) is 0 Å². The van der Waals surface area contributed by atoms with Gasteiger partial charge in [0.1, 0.15) is 0 Å². The van der Waals surface area contributed by atoms with E-state index < -0.39 is 5.97 Å². The van der Waals surface area contributed by atoms with Crippen LogP contribution in [-0.4, -0.2) is 25.1 Å². The second kappa shape index (κ2) is 12.5. The summed E-state index contributed by atoms with van der Waals surface area (Å²) in [6, 6.07) is 0.939. The molecule has 1 heterocycles. The molecule has 3 nitrogen and oxygen atoms in total. The maximum Gasteiger partial charge on any atom is 0.0846 e. The molecule has 0 aromatic rings. The number of rotatable bonds is 7. The average molecular weight is 271 g/mol. The van der Waals surface area contributed by atoms with E-state index in [0.717, 1.165) is 13.0 Å². The van der Waals surface area contributed by atoms with Crippen LogP contribution in [0.15, 0.2) is 0 Å². The largest absolute Gasteiger partial charge is 0.550 e. The lowest BCUT2D eigenvalue weighted by Gasteiger charge is -2.30. The van der Waals surface area contributed by atoms with Crippen molar-refractivity contribution < 1.29 is 14.8 Å². The molecule has 0 spiro atoms. The summed E-state index contributed by atoms with van der Waals surface area (Å²) in [4.78, 5) is 10.8. The highest BCUT2D eigenvalue weighted by molar-refractivity contribution is 5.60. The molecule has 1 aliphatic rings. The maximum atomic E-state index is 8.89. The molecular formula is C16H33NO2. The fraction of sp³-hybridized carbons (Fsp3) is 0.938. The predicted octanol–water partition coefficient (Wildman–Crippen LogP) is 1.56. The molecule has 3 heteroatoms. The summed E-state index contributed by atoms with van der Waals surface area (Å²) < 4.78 is 0. The van der Waals surface area contributed by atoms with E-state index in [1.165, 1.54) is 70.9 Å². The van der Waals surface area contributed by atoms with Gasteiger partial charge < -0.3 is 14.8 Å². The van der Waals surface area contributed by atoms with Gasteiger partial charge >= 0.3 is 0 Å². The van der Waals surface area contributed by atoms with E-state index in [-0.39, 0.29) is 0 Å². The summed E-state index contributed by atoms with van der Waals surface area (Å²) in [7, 11) is 0. The van der Waals surface area contributed by atoms with Crippen LogP contribution in [-0.2, 0) is 4.79 Å². The molecule has 0 aliphatic carbocycles. The number of quaternary nitrogens is 1. The van der Waals surface area contributed by atoms with Crippen LogP contribution in [0.5, 0.6) is 0 Å². The van der Waals surface area contributed by atoms with E-state index in [0.29, 0.717) is 0 Å². The third-order valence-corrected chi connectivity index (χ3v) is 3.93. The standard InChI is InChI=1S/C14H29N.C2H4O2/c1-3-4-5-6-7-9-12-15-13-10-8-11-14(15)2;1-2(3)4/h14H,3-13H2,1-2H3;1H3,(H,3,4). The number of carboxylic acids is 1. The first-order valence-electron chi connectivity index (χ1n) is 8.10. The van der Waals surface area contributed by atoms with Crippen molar-refractivity contribution in [3.05, 3.63) is 0 Å². The van der Waals surface area contributed by atoms with Crippen molar-refractivity contribution in [1.29, 1.82) is 0 Å². The van der Waals surface area contributed by atoms with Crippen LogP contribution in [0, 0.1) is 0 Å². The molecule has 0 aromatic heterocycles. The number of nitrogens with one attached hydrogen (secondary N) is 1. The minimum absolute atomic E-state index is 0.939. The normalized spacial score (nSPS) is 22.5. The summed E-state index contributed by atoms with van der Waals surface area (Å²) in [6.07, 6.45) is 13.1. The van der Waals surface area contributed by atoms with Gasteiger partial charge in [0.15, 0.2) is 0 Å². The Morgan fingerprint density at radius 2 is 1.74 bits per heavy atom. The Labute approximate surface area is 119 Å². The van der Waals surface area contributed by atoms with Gasteiger partial charge in [-0.05, 0) is 46.0 Å². The van der Waals surface area contributed by atoms with E-state index in [1.807, 2.05) is 4.90 Å². The number of carbonyl (C=O) groups excluding carboxylic acids is 1. The maximum absolute atomic E-state index is 8.89. The van der Waals surface area contributed by atoms with Gasteiger partial charge in [-0.25, -0.2) is 0 Å². The van der Waals surface area contributed by atoms with E-state index in [4.69, 9.17) is 9.90 Å². The SMILES string of the molecule is CC(=O)[O-].CCCCCCCC[NH+]1CCCCC1C. The lowest BCUT2D eigenvalue weighted by molar-refractivity contribution is -0.928. The van der Waals surface area contributed by atoms with Crippen LogP contribution in [0.4, 0.5) is 0 Å². The van der Waals surface area contributed by atoms with E-state index in [2.05, 4.69) is 13.8 Å². The number of hydrogen-bond donors (Lipinski definition) is 1. The first-order valence-corrected chi connectivity index (χ1v) is 8.10. The number of aliphatic carboxylic acids is 1. The molecule has 2 unspecified atom stereocenters. The monoisotopic (exact) mass is 271 g/mol. The number of hydrogen-bond acceptors (Lipinski definition) is 2.